The molecule has 1 aliphatic heterocycles. The van der Waals surface area contributed by atoms with Crippen LogP contribution in [0.5, 0.6) is 0 Å². The number of nitrogens with zero attached hydrogens (tertiary/aromatic N) is 1. The zero-order valence-electron chi connectivity index (χ0n) is 12.6. The predicted octanol–water partition coefficient (Wildman–Crippen LogP) is 1.63. The van der Waals surface area contributed by atoms with Gasteiger partial charge in [0.05, 0.1) is 5.54 Å². The molecule has 0 bridgehead atoms. The van der Waals surface area contributed by atoms with Crippen LogP contribution in [0, 0.1) is 0 Å². The Hall–Kier alpha value is -1.39. The molecule has 4 heteroatoms. The van der Waals surface area contributed by atoms with Crippen molar-refractivity contribution in [1.29, 1.82) is 0 Å². The molecule has 1 aromatic rings. The van der Waals surface area contributed by atoms with Crippen molar-refractivity contribution in [3.8, 4) is 0 Å². The Morgan fingerprint density at radius 1 is 1.35 bits per heavy atom. The Bertz CT molecular complexity index is 461. The molecule has 20 heavy (non-hydrogen) atoms. The lowest BCUT2D eigenvalue weighted by molar-refractivity contribution is -0.124. The second kappa shape index (κ2) is 5.94. The number of hydrogen-bond acceptors (Lipinski definition) is 3. The summed E-state index contributed by atoms with van der Waals surface area (Å²) in [4.78, 5) is 14.1. The summed E-state index contributed by atoms with van der Waals surface area (Å²) in [7, 11) is 0. The van der Waals surface area contributed by atoms with Crippen molar-refractivity contribution in [3.05, 3.63) is 35.4 Å². The molecule has 0 saturated heterocycles. The Balaban J connectivity index is 1.93. The van der Waals surface area contributed by atoms with E-state index in [1.165, 1.54) is 11.1 Å². The molecule has 2 rings (SSSR count). The summed E-state index contributed by atoms with van der Waals surface area (Å²) in [5, 5.41) is 3.30. The van der Waals surface area contributed by atoms with E-state index in [4.69, 9.17) is 5.73 Å². The van der Waals surface area contributed by atoms with Gasteiger partial charge in [0.15, 0.2) is 0 Å². The summed E-state index contributed by atoms with van der Waals surface area (Å²) >= 11 is 0. The maximum atomic E-state index is 11.7. The lowest BCUT2D eigenvalue weighted by Crippen LogP contribution is -2.56. The Kier molecular flexibility index (Phi) is 4.45. The molecule has 0 aliphatic carbocycles. The van der Waals surface area contributed by atoms with Crippen molar-refractivity contribution in [2.24, 2.45) is 5.73 Å². The van der Waals surface area contributed by atoms with Gasteiger partial charge in [-0.1, -0.05) is 24.3 Å². The van der Waals surface area contributed by atoms with E-state index in [-0.39, 0.29) is 11.9 Å². The molecule has 1 atom stereocenters. The molecule has 0 saturated carbocycles. The van der Waals surface area contributed by atoms with E-state index in [1.807, 2.05) is 20.8 Å². The van der Waals surface area contributed by atoms with E-state index in [0.29, 0.717) is 0 Å². The van der Waals surface area contributed by atoms with Gasteiger partial charge in [0, 0.05) is 25.7 Å². The lowest BCUT2D eigenvalue weighted by Gasteiger charge is -2.31. The molecule has 0 fully saturated rings. The quantitative estimate of drug-likeness (QED) is 0.829. The number of primary amides is 1. The maximum Gasteiger partial charge on any atom is 0.237 e. The smallest absolute Gasteiger partial charge is 0.237 e. The minimum atomic E-state index is -0.636. The fraction of sp³-hybridized carbons (Fsp3) is 0.562. The Morgan fingerprint density at radius 3 is 2.35 bits per heavy atom. The Morgan fingerprint density at radius 2 is 1.90 bits per heavy atom. The normalized spacial score (nSPS) is 18.0. The number of nitrogens with two attached hydrogens (primary N) is 1. The largest absolute Gasteiger partial charge is 0.368 e. The molecule has 1 heterocycles. The van der Waals surface area contributed by atoms with E-state index in [1.54, 1.807) is 0 Å². The van der Waals surface area contributed by atoms with Crippen LogP contribution in [0.3, 0.4) is 0 Å². The van der Waals surface area contributed by atoms with Gasteiger partial charge in [-0.05, 0) is 38.3 Å². The summed E-state index contributed by atoms with van der Waals surface area (Å²) in [5.74, 6) is -0.275. The zero-order valence-corrected chi connectivity index (χ0v) is 12.6. The van der Waals surface area contributed by atoms with E-state index in [2.05, 4.69) is 34.5 Å². The number of carbonyl (C=O) groups is 1. The van der Waals surface area contributed by atoms with Crippen LogP contribution in [0.2, 0.25) is 0 Å². The molecule has 0 aromatic heterocycles. The highest BCUT2D eigenvalue weighted by Gasteiger charge is 2.32. The SMILES string of the molecule is CC(C)NC(C)(CCN1Cc2ccccc2C1)C(N)=O. The third-order valence-electron chi connectivity index (χ3n) is 3.99. The van der Waals surface area contributed by atoms with Gasteiger partial charge in [0.25, 0.3) is 0 Å². The number of rotatable bonds is 6. The summed E-state index contributed by atoms with van der Waals surface area (Å²) in [5.41, 5.74) is 7.72. The van der Waals surface area contributed by atoms with Crippen LogP contribution in [-0.4, -0.2) is 28.9 Å². The van der Waals surface area contributed by atoms with Crippen LogP contribution in [0.15, 0.2) is 24.3 Å². The number of carbonyl (C=O) groups excluding carboxylic acids is 1. The minimum Gasteiger partial charge on any atom is -0.368 e. The first-order valence-electron chi connectivity index (χ1n) is 7.27. The zero-order chi connectivity index (χ0) is 14.8. The van der Waals surface area contributed by atoms with Crippen LogP contribution in [0.4, 0.5) is 0 Å². The van der Waals surface area contributed by atoms with Gasteiger partial charge < -0.3 is 11.1 Å². The summed E-state index contributed by atoms with van der Waals surface area (Å²) < 4.78 is 0. The average molecular weight is 275 g/mol. The fourth-order valence-electron chi connectivity index (χ4n) is 2.85. The van der Waals surface area contributed by atoms with Crippen molar-refractivity contribution < 1.29 is 4.79 Å². The van der Waals surface area contributed by atoms with Crippen molar-refractivity contribution in [2.75, 3.05) is 6.54 Å². The molecule has 0 radical (unpaired) electrons. The Labute approximate surface area is 121 Å². The van der Waals surface area contributed by atoms with Gasteiger partial charge in [0.2, 0.25) is 5.91 Å². The first kappa shape index (κ1) is 15.0. The van der Waals surface area contributed by atoms with Crippen molar-refractivity contribution >= 4 is 5.91 Å². The minimum absolute atomic E-state index is 0.239. The number of nitrogens with one attached hydrogen (secondary N) is 1. The molecule has 1 unspecified atom stereocenters. The predicted molar refractivity (Wildman–Crippen MR) is 81.0 cm³/mol. The molecule has 0 spiro atoms. The fourth-order valence-corrected chi connectivity index (χ4v) is 2.85. The topological polar surface area (TPSA) is 58.4 Å². The monoisotopic (exact) mass is 275 g/mol. The molecule has 4 nitrogen and oxygen atoms in total. The number of amides is 1. The highest BCUT2D eigenvalue weighted by Crippen LogP contribution is 2.23. The first-order chi connectivity index (χ1) is 9.40. The molecular weight excluding hydrogens is 250 g/mol. The van der Waals surface area contributed by atoms with E-state index < -0.39 is 5.54 Å². The van der Waals surface area contributed by atoms with Gasteiger partial charge >= 0.3 is 0 Å². The number of hydrogen-bond donors (Lipinski definition) is 2. The summed E-state index contributed by atoms with van der Waals surface area (Å²) in [6.45, 7) is 8.77. The van der Waals surface area contributed by atoms with Gasteiger partial charge in [-0.25, -0.2) is 0 Å². The van der Waals surface area contributed by atoms with Crippen LogP contribution in [-0.2, 0) is 17.9 Å². The molecule has 1 aliphatic rings. The molecule has 3 N–H and O–H groups in total. The standard InChI is InChI=1S/C16H25N3O/c1-12(2)18-16(3,15(17)20)8-9-19-10-13-6-4-5-7-14(13)11-19/h4-7,12,18H,8-11H2,1-3H3,(H2,17,20). The number of benzene rings is 1. The van der Waals surface area contributed by atoms with E-state index in [9.17, 15) is 4.79 Å². The van der Waals surface area contributed by atoms with Crippen LogP contribution >= 0.6 is 0 Å². The second-order valence-corrected chi connectivity index (χ2v) is 6.22. The third-order valence-corrected chi connectivity index (χ3v) is 3.99. The molecule has 110 valence electrons. The third kappa shape index (κ3) is 3.38. The molecule has 1 amide bonds. The van der Waals surface area contributed by atoms with E-state index >= 15 is 0 Å². The van der Waals surface area contributed by atoms with Gasteiger partial charge in [-0.2, -0.15) is 0 Å². The van der Waals surface area contributed by atoms with Crippen molar-refractivity contribution in [3.63, 3.8) is 0 Å². The summed E-state index contributed by atoms with van der Waals surface area (Å²) in [6, 6.07) is 8.75. The maximum absolute atomic E-state index is 11.7. The van der Waals surface area contributed by atoms with Crippen LogP contribution in [0.1, 0.15) is 38.3 Å². The van der Waals surface area contributed by atoms with E-state index in [0.717, 1.165) is 26.1 Å². The van der Waals surface area contributed by atoms with Gasteiger partial charge in [-0.3, -0.25) is 9.69 Å². The lowest BCUT2D eigenvalue weighted by atomic mass is 9.95. The van der Waals surface area contributed by atoms with Crippen molar-refractivity contribution in [2.45, 2.75) is 51.9 Å². The van der Waals surface area contributed by atoms with Crippen molar-refractivity contribution in [1.82, 2.24) is 10.2 Å². The van der Waals surface area contributed by atoms with Crippen LogP contribution < -0.4 is 11.1 Å². The molecular formula is C16H25N3O. The number of fused-ring (bicyclic) bond motifs is 1. The van der Waals surface area contributed by atoms with Gasteiger partial charge in [-0.15, -0.1) is 0 Å². The highest BCUT2D eigenvalue weighted by atomic mass is 16.1. The summed E-state index contributed by atoms with van der Waals surface area (Å²) in [6.07, 6.45) is 0.731. The molecule has 1 aromatic carbocycles. The average Bonchev–Trinajstić information content (AvgIpc) is 2.78. The van der Waals surface area contributed by atoms with Crippen LogP contribution in [0.25, 0.3) is 0 Å². The highest BCUT2D eigenvalue weighted by molar-refractivity contribution is 5.84. The van der Waals surface area contributed by atoms with Gasteiger partial charge in [0.1, 0.15) is 0 Å². The second-order valence-electron chi connectivity index (χ2n) is 6.22. The first-order valence-corrected chi connectivity index (χ1v) is 7.27.